The molecule has 1 aromatic rings. The summed E-state index contributed by atoms with van der Waals surface area (Å²) in [5.41, 5.74) is 1.27. The van der Waals surface area contributed by atoms with Gasteiger partial charge in [0.25, 0.3) is 0 Å². The molecule has 29 heavy (non-hydrogen) atoms. The zero-order valence-corrected chi connectivity index (χ0v) is 18.5. The third-order valence-corrected chi connectivity index (χ3v) is 6.86. The Bertz CT molecular complexity index is 759. The first-order chi connectivity index (χ1) is 13.9. The summed E-state index contributed by atoms with van der Waals surface area (Å²) in [5.74, 6) is -0.331. The lowest BCUT2D eigenvalue weighted by atomic mass is 10.2. The van der Waals surface area contributed by atoms with E-state index in [-0.39, 0.29) is 17.4 Å². The van der Waals surface area contributed by atoms with Crippen molar-refractivity contribution in [3.05, 3.63) is 18.2 Å². The Morgan fingerprint density at radius 3 is 2.45 bits per heavy atom. The number of hydrogen-bond donors (Lipinski definition) is 1. The summed E-state index contributed by atoms with van der Waals surface area (Å²) in [7, 11) is -2.02. The van der Waals surface area contributed by atoms with Crippen LogP contribution in [0.1, 0.15) is 33.1 Å². The maximum absolute atomic E-state index is 13.1. The largest absolute Gasteiger partial charge is 0.382 e. The van der Waals surface area contributed by atoms with Gasteiger partial charge in [-0.25, -0.2) is 8.42 Å². The number of amides is 1. The summed E-state index contributed by atoms with van der Waals surface area (Å²) in [6.07, 6.45) is 2.80. The minimum Gasteiger partial charge on any atom is -0.382 e. The van der Waals surface area contributed by atoms with E-state index in [9.17, 15) is 13.2 Å². The molecule has 0 radical (unpaired) electrons. The van der Waals surface area contributed by atoms with E-state index in [1.807, 2.05) is 13.8 Å². The van der Waals surface area contributed by atoms with Crippen LogP contribution in [0.2, 0.25) is 0 Å². The highest BCUT2D eigenvalue weighted by molar-refractivity contribution is 7.89. The van der Waals surface area contributed by atoms with Crippen molar-refractivity contribution in [2.45, 2.75) is 38.0 Å². The van der Waals surface area contributed by atoms with Crippen LogP contribution in [0.4, 0.5) is 11.4 Å². The van der Waals surface area contributed by atoms with Crippen LogP contribution in [0.15, 0.2) is 23.1 Å². The molecule has 9 heteroatoms. The summed E-state index contributed by atoms with van der Waals surface area (Å²) in [6.45, 7) is 7.18. The Morgan fingerprint density at radius 1 is 1.14 bits per heavy atom. The molecule has 1 aromatic carbocycles. The third-order valence-electron chi connectivity index (χ3n) is 4.96. The van der Waals surface area contributed by atoms with Gasteiger partial charge in [0.05, 0.1) is 29.5 Å². The third kappa shape index (κ3) is 6.40. The maximum Gasteiger partial charge on any atom is 0.250 e. The van der Waals surface area contributed by atoms with Gasteiger partial charge >= 0.3 is 0 Å². The molecule has 0 aromatic heterocycles. The van der Waals surface area contributed by atoms with Gasteiger partial charge in [-0.15, -0.1) is 0 Å². The Morgan fingerprint density at radius 2 is 1.83 bits per heavy atom. The van der Waals surface area contributed by atoms with Crippen LogP contribution >= 0.6 is 0 Å². The summed E-state index contributed by atoms with van der Waals surface area (Å²) in [4.78, 5) is 14.6. The molecule has 0 saturated carbocycles. The van der Waals surface area contributed by atoms with Crippen molar-refractivity contribution in [1.82, 2.24) is 4.31 Å². The molecule has 1 fully saturated rings. The predicted octanol–water partition coefficient (Wildman–Crippen LogP) is 2.31. The highest BCUT2D eigenvalue weighted by Gasteiger charge is 2.27. The lowest BCUT2D eigenvalue weighted by Gasteiger charge is -2.28. The number of carbonyl (C=O) groups is 1. The first-order valence-electron chi connectivity index (χ1n) is 10.2. The highest BCUT2D eigenvalue weighted by atomic mass is 32.2. The van der Waals surface area contributed by atoms with Gasteiger partial charge < -0.3 is 19.7 Å². The molecular formula is C20H33N3O5S. The first-order valence-corrected chi connectivity index (χ1v) is 11.6. The fraction of sp³-hybridized carbons (Fsp3) is 0.650. The molecule has 0 unspecified atom stereocenters. The lowest BCUT2D eigenvalue weighted by molar-refractivity contribution is -0.121. The second-order valence-electron chi connectivity index (χ2n) is 6.91. The van der Waals surface area contributed by atoms with Crippen LogP contribution in [-0.4, -0.2) is 71.7 Å². The standard InChI is InChI=1S/C20H33N3O5S/c1-4-22(5-2)19-10-9-17(29(25,26)23-11-7-6-8-12-23)15-18(19)21-20(24)16-28-14-13-27-3/h9-10,15H,4-8,11-14,16H2,1-3H3,(H,21,24). The Hall–Kier alpha value is -1.68. The molecular weight excluding hydrogens is 394 g/mol. The number of hydrogen-bond acceptors (Lipinski definition) is 6. The number of carbonyl (C=O) groups excluding carboxylic acids is 1. The number of anilines is 2. The summed E-state index contributed by atoms with van der Waals surface area (Å²) in [5, 5.41) is 2.82. The van der Waals surface area contributed by atoms with Crippen molar-refractivity contribution in [2.75, 3.05) is 63.3 Å². The van der Waals surface area contributed by atoms with Crippen molar-refractivity contribution in [3.63, 3.8) is 0 Å². The van der Waals surface area contributed by atoms with Crippen LogP contribution in [0.5, 0.6) is 0 Å². The zero-order chi connectivity index (χ0) is 21.3. The minimum absolute atomic E-state index is 0.121. The number of sulfonamides is 1. The molecule has 1 aliphatic rings. The smallest absolute Gasteiger partial charge is 0.250 e. The Kier molecular flexibility index (Phi) is 9.35. The fourth-order valence-electron chi connectivity index (χ4n) is 3.36. The van der Waals surface area contributed by atoms with Gasteiger partial charge in [-0.1, -0.05) is 6.42 Å². The maximum atomic E-state index is 13.1. The van der Waals surface area contributed by atoms with Gasteiger partial charge in [0.1, 0.15) is 6.61 Å². The molecule has 8 nitrogen and oxygen atoms in total. The van der Waals surface area contributed by atoms with E-state index < -0.39 is 10.0 Å². The van der Waals surface area contributed by atoms with Gasteiger partial charge in [-0.05, 0) is 44.9 Å². The summed E-state index contributed by atoms with van der Waals surface area (Å²) in [6, 6.07) is 4.96. The average molecular weight is 428 g/mol. The van der Waals surface area contributed by atoms with Crippen LogP contribution in [0.3, 0.4) is 0 Å². The quantitative estimate of drug-likeness (QED) is 0.545. The minimum atomic E-state index is -3.58. The molecule has 1 saturated heterocycles. The number of methoxy groups -OCH3 is 1. The van der Waals surface area contributed by atoms with Gasteiger partial charge in [0, 0.05) is 33.3 Å². The summed E-state index contributed by atoms with van der Waals surface area (Å²) < 4.78 is 37.8. The van der Waals surface area contributed by atoms with Crippen molar-refractivity contribution in [2.24, 2.45) is 0 Å². The molecule has 1 amide bonds. The lowest BCUT2D eigenvalue weighted by Crippen LogP contribution is -2.35. The van der Waals surface area contributed by atoms with Crippen LogP contribution in [-0.2, 0) is 24.3 Å². The van der Waals surface area contributed by atoms with Crippen molar-refractivity contribution in [3.8, 4) is 0 Å². The van der Waals surface area contributed by atoms with Crippen LogP contribution < -0.4 is 10.2 Å². The Labute approximate surface area is 174 Å². The average Bonchev–Trinajstić information content (AvgIpc) is 2.73. The van der Waals surface area contributed by atoms with Crippen LogP contribution in [0, 0.1) is 0 Å². The number of piperidine rings is 1. The molecule has 0 atom stereocenters. The Balaban J connectivity index is 2.27. The van der Waals surface area contributed by atoms with E-state index in [0.717, 1.165) is 38.0 Å². The number of ether oxygens (including phenoxy) is 2. The normalized spacial score (nSPS) is 15.3. The van der Waals surface area contributed by atoms with E-state index in [1.165, 1.54) is 4.31 Å². The monoisotopic (exact) mass is 427 g/mol. The van der Waals surface area contributed by atoms with E-state index in [1.54, 1.807) is 25.3 Å². The SMILES string of the molecule is CCN(CC)c1ccc(S(=O)(=O)N2CCCCC2)cc1NC(=O)COCCOC. The highest BCUT2D eigenvalue weighted by Crippen LogP contribution is 2.31. The van der Waals surface area contributed by atoms with E-state index in [2.05, 4.69) is 10.2 Å². The predicted molar refractivity (Wildman–Crippen MR) is 114 cm³/mol. The topological polar surface area (TPSA) is 88.2 Å². The van der Waals surface area contributed by atoms with Gasteiger partial charge in [-0.3, -0.25) is 4.79 Å². The van der Waals surface area contributed by atoms with E-state index in [4.69, 9.17) is 9.47 Å². The number of nitrogens with zero attached hydrogens (tertiary/aromatic N) is 2. The molecule has 1 N–H and O–H groups in total. The van der Waals surface area contributed by atoms with Gasteiger partial charge in [0.15, 0.2) is 0 Å². The van der Waals surface area contributed by atoms with Gasteiger partial charge in [0.2, 0.25) is 15.9 Å². The number of nitrogens with one attached hydrogen (secondary N) is 1. The molecule has 1 aliphatic heterocycles. The van der Waals surface area contributed by atoms with Crippen molar-refractivity contribution >= 4 is 27.3 Å². The van der Waals surface area contributed by atoms with Gasteiger partial charge in [-0.2, -0.15) is 4.31 Å². The van der Waals surface area contributed by atoms with Crippen molar-refractivity contribution < 1.29 is 22.7 Å². The molecule has 0 bridgehead atoms. The first kappa shape index (κ1) is 23.6. The summed E-state index contributed by atoms with van der Waals surface area (Å²) >= 11 is 0. The molecule has 0 spiro atoms. The molecule has 0 aliphatic carbocycles. The van der Waals surface area contributed by atoms with E-state index >= 15 is 0 Å². The van der Waals surface area contributed by atoms with E-state index in [0.29, 0.717) is 32.0 Å². The number of benzene rings is 1. The van der Waals surface area contributed by atoms with Crippen LogP contribution in [0.25, 0.3) is 0 Å². The second-order valence-corrected chi connectivity index (χ2v) is 8.85. The van der Waals surface area contributed by atoms with Crippen molar-refractivity contribution in [1.29, 1.82) is 0 Å². The fourth-order valence-corrected chi connectivity index (χ4v) is 4.91. The molecule has 1 heterocycles. The zero-order valence-electron chi connectivity index (χ0n) is 17.6. The number of rotatable bonds is 11. The molecule has 164 valence electrons. The molecule has 2 rings (SSSR count). The second kappa shape index (κ2) is 11.5.